The molecular formula is C31H47ClFNO4. The van der Waals surface area contributed by atoms with Crippen LogP contribution in [0.15, 0.2) is 53.4 Å². The van der Waals surface area contributed by atoms with Gasteiger partial charge < -0.3 is 19.5 Å². The zero-order valence-electron chi connectivity index (χ0n) is 24.1. The molecule has 2 aliphatic rings. The van der Waals surface area contributed by atoms with Crippen molar-refractivity contribution < 1.29 is 23.8 Å². The van der Waals surface area contributed by atoms with Gasteiger partial charge in [0.2, 0.25) is 0 Å². The summed E-state index contributed by atoms with van der Waals surface area (Å²) in [5.74, 6) is -0.305. The van der Waals surface area contributed by atoms with Crippen LogP contribution in [0.3, 0.4) is 0 Å². The lowest BCUT2D eigenvalue weighted by atomic mass is 9.99. The topological polar surface area (TPSA) is 59.0 Å². The van der Waals surface area contributed by atoms with E-state index in [9.17, 15) is 14.3 Å². The predicted molar refractivity (Wildman–Crippen MR) is 155 cm³/mol. The molecule has 1 aromatic carbocycles. The number of aliphatic hydroxyl groups excluding tert-OH is 1. The first-order chi connectivity index (χ1) is 18.2. The van der Waals surface area contributed by atoms with Crippen LogP contribution in [0.5, 0.6) is 0 Å². The Morgan fingerprint density at radius 1 is 1.18 bits per heavy atom. The largest absolute Gasteiger partial charge is 0.466 e. The lowest BCUT2D eigenvalue weighted by molar-refractivity contribution is -0.143. The molecule has 2 unspecified atom stereocenters. The number of benzene rings is 1. The number of hydrogen-bond donors (Lipinski definition) is 1. The summed E-state index contributed by atoms with van der Waals surface area (Å²) in [4.78, 5) is 13.9. The standard InChI is InChI=1S/C20H30ClNO4.C9H11F.C2H6/c1-3-25-20(24)9-6-16-12-17(21)7-8-19(16)15(2)26-14-18(23)13-22-10-4-5-11-22;1-7-3-5-8(2)9(10)6-4-7;1-2/h7-8,12,15,18,23H,3-6,9-11,13-14H2,1-2H3;3,5-6H,4H2,1-2H3;1-2H3. The number of halogens is 2. The van der Waals surface area contributed by atoms with Crippen LogP contribution in [0, 0.1) is 0 Å². The Morgan fingerprint density at radius 3 is 2.53 bits per heavy atom. The highest BCUT2D eigenvalue weighted by Crippen LogP contribution is 2.26. The van der Waals surface area contributed by atoms with Gasteiger partial charge >= 0.3 is 5.97 Å². The second-order valence-corrected chi connectivity index (χ2v) is 9.84. The van der Waals surface area contributed by atoms with Crippen molar-refractivity contribution in [3.63, 3.8) is 0 Å². The van der Waals surface area contributed by atoms with Gasteiger partial charge in [-0.25, -0.2) is 4.39 Å². The van der Waals surface area contributed by atoms with E-state index in [2.05, 4.69) is 4.90 Å². The molecule has 1 saturated heterocycles. The van der Waals surface area contributed by atoms with E-state index in [1.807, 2.05) is 58.0 Å². The first-order valence-corrected chi connectivity index (χ1v) is 14.2. The minimum absolute atomic E-state index is 0.0897. The van der Waals surface area contributed by atoms with Crippen LogP contribution in [0.4, 0.5) is 4.39 Å². The zero-order valence-corrected chi connectivity index (χ0v) is 24.8. The number of β-amino-alcohol motifs (C(OH)–C–C–N with tert-alkyl or cyclic N) is 1. The van der Waals surface area contributed by atoms with Crippen molar-refractivity contribution in [2.75, 3.05) is 32.8 Å². The highest BCUT2D eigenvalue weighted by Gasteiger charge is 2.18. The normalized spacial score (nSPS) is 16.9. The molecule has 1 aliphatic carbocycles. The van der Waals surface area contributed by atoms with Crippen molar-refractivity contribution in [1.29, 1.82) is 0 Å². The van der Waals surface area contributed by atoms with E-state index in [-0.39, 0.29) is 24.5 Å². The number of allylic oxidation sites excluding steroid dienone is 6. The van der Waals surface area contributed by atoms with Crippen molar-refractivity contribution >= 4 is 17.6 Å². The quantitative estimate of drug-likeness (QED) is 0.304. The van der Waals surface area contributed by atoms with Gasteiger partial charge in [0.25, 0.3) is 0 Å². The number of rotatable bonds is 10. The highest BCUT2D eigenvalue weighted by molar-refractivity contribution is 6.30. The fourth-order valence-corrected chi connectivity index (χ4v) is 4.34. The molecule has 3 rings (SSSR count). The third-order valence-corrected chi connectivity index (χ3v) is 6.49. The second-order valence-electron chi connectivity index (χ2n) is 9.40. The fraction of sp³-hybridized carbons (Fsp3) is 0.581. The molecule has 5 nitrogen and oxygen atoms in total. The fourth-order valence-electron chi connectivity index (χ4n) is 4.14. The maximum absolute atomic E-state index is 12.8. The van der Waals surface area contributed by atoms with Crippen molar-refractivity contribution in [2.45, 2.75) is 85.9 Å². The molecule has 0 saturated carbocycles. The van der Waals surface area contributed by atoms with Gasteiger partial charge in [-0.1, -0.05) is 49.2 Å². The number of aryl methyl sites for hydroxylation is 1. The molecule has 7 heteroatoms. The SMILES string of the molecule is CC.CC1=CC=C(C)C(F)=CC1.CCOC(=O)CCc1cc(Cl)ccc1C(C)OCC(O)CN1CCCC1. The number of likely N-dealkylation sites (tertiary alicyclic amines) is 1. The van der Waals surface area contributed by atoms with E-state index >= 15 is 0 Å². The predicted octanol–water partition coefficient (Wildman–Crippen LogP) is 7.53. The van der Waals surface area contributed by atoms with E-state index in [1.165, 1.54) is 18.4 Å². The van der Waals surface area contributed by atoms with Gasteiger partial charge in [-0.05, 0) is 101 Å². The van der Waals surface area contributed by atoms with Gasteiger partial charge in [0.1, 0.15) is 5.83 Å². The lowest BCUT2D eigenvalue weighted by Crippen LogP contribution is -2.33. The average Bonchev–Trinajstić information content (AvgIpc) is 3.37. The highest BCUT2D eigenvalue weighted by atomic mass is 35.5. The van der Waals surface area contributed by atoms with Crippen LogP contribution in [0.1, 0.15) is 84.5 Å². The number of carbonyl (C=O) groups is 1. The first-order valence-electron chi connectivity index (χ1n) is 13.9. The van der Waals surface area contributed by atoms with Gasteiger partial charge in [0.05, 0.1) is 25.4 Å². The summed E-state index contributed by atoms with van der Waals surface area (Å²) in [6, 6.07) is 5.63. The maximum Gasteiger partial charge on any atom is 0.306 e. The summed E-state index contributed by atoms with van der Waals surface area (Å²) in [5.41, 5.74) is 3.89. The molecule has 1 aromatic rings. The maximum atomic E-state index is 12.8. The molecule has 1 N–H and O–H groups in total. The van der Waals surface area contributed by atoms with Crippen LogP contribution in [-0.2, 0) is 20.7 Å². The molecule has 1 heterocycles. The third kappa shape index (κ3) is 13.2. The molecule has 1 aliphatic heterocycles. The molecule has 0 amide bonds. The van der Waals surface area contributed by atoms with Gasteiger partial charge in [0.15, 0.2) is 0 Å². The Hall–Kier alpha value is -1.99. The van der Waals surface area contributed by atoms with Crippen LogP contribution in [0.2, 0.25) is 5.02 Å². The number of carbonyl (C=O) groups excluding carboxylic acids is 1. The molecule has 38 heavy (non-hydrogen) atoms. The summed E-state index contributed by atoms with van der Waals surface area (Å²) in [6.07, 6.45) is 8.72. The van der Waals surface area contributed by atoms with Gasteiger partial charge in [-0.15, -0.1) is 0 Å². The minimum atomic E-state index is -0.495. The summed E-state index contributed by atoms with van der Waals surface area (Å²) >= 11 is 6.12. The Kier molecular flexibility index (Phi) is 17.1. The Bertz CT molecular complexity index is 938. The third-order valence-electron chi connectivity index (χ3n) is 6.25. The smallest absolute Gasteiger partial charge is 0.306 e. The Labute approximate surface area is 234 Å². The van der Waals surface area contributed by atoms with E-state index in [4.69, 9.17) is 21.1 Å². The van der Waals surface area contributed by atoms with Crippen molar-refractivity contribution in [1.82, 2.24) is 4.90 Å². The molecule has 1 fully saturated rings. The summed E-state index contributed by atoms with van der Waals surface area (Å²) < 4.78 is 23.7. The van der Waals surface area contributed by atoms with E-state index in [0.29, 0.717) is 31.0 Å². The summed E-state index contributed by atoms with van der Waals surface area (Å²) in [5, 5.41) is 10.8. The van der Waals surface area contributed by atoms with E-state index in [1.54, 1.807) is 19.9 Å². The van der Waals surface area contributed by atoms with E-state index in [0.717, 1.165) is 36.2 Å². The van der Waals surface area contributed by atoms with Crippen LogP contribution < -0.4 is 0 Å². The molecule has 0 bridgehead atoms. The van der Waals surface area contributed by atoms with Gasteiger partial charge in [-0.2, -0.15) is 0 Å². The summed E-state index contributed by atoms with van der Waals surface area (Å²) in [6.45, 7) is 15.0. The van der Waals surface area contributed by atoms with Crippen LogP contribution >= 0.6 is 11.6 Å². The lowest BCUT2D eigenvalue weighted by Gasteiger charge is -2.22. The van der Waals surface area contributed by atoms with Crippen molar-refractivity contribution in [3.8, 4) is 0 Å². The van der Waals surface area contributed by atoms with Crippen molar-refractivity contribution in [3.05, 3.63) is 69.5 Å². The minimum Gasteiger partial charge on any atom is -0.466 e. The summed E-state index contributed by atoms with van der Waals surface area (Å²) in [7, 11) is 0. The van der Waals surface area contributed by atoms with Crippen LogP contribution in [-0.4, -0.2) is 54.9 Å². The molecule has 0 spiro atoms. The van der Waals surface area contributed by atoms with Gasteiger partial charge in [0, 0.05) is 18.0 Å². The zero-order chi connectivity index (χ0) is 28.5. The Morgan fingerprint density at radius 2 is 1.87 bits per heavy atom. The number of hydrogen-bond acceptors (Lipinski definition) is 5. The molecular weight excluding hydrogens is 505 g/mol. The number of nitrogens with zero attached hydrogens (tertiary/aromatic N) is 1. The van der Waals surface area contributed by atoms with Gasteiger partial charge in [-0.3, -0.25) is 4.79 Å². The molecule has 214 valence electrons. The average molecular weight is 552 g/mol. The molecule has 2 atom stereocenters. The van der Waals surface area contributed by atoms with Crippen LogP contribution in [0.25, 0.3) is 0 Å². The number of esters is 1. The van der Waals surface area contributed by atoms with E-state index < -0.39 is 6.10 Å². The van der Waals surface area contributed by atoms with Crippen molar-refractivity contribution in [2.24, 2.45) is 0 Å². The monoisotopic (exact) mass is 551 g/mol. The first kappa shape index (κ1) is 34.0. The molecule has 0 aromatic heterocycles. The molecule has 0 radical (unpaired) electrons. The second kappa shape index (κ2) is 19.1. The number of aliphatic hydroxyl groups is 1. The Balaban J connectivity index is 0.000000501. The number of ether oxygens (including phenoxy) is 2.